The first-order valence-electron chi connectivity index (χ1n) is 3.95. The molecule has 0 unspecified atom stereocenters. The van der Waals surface area contributed by atoms with Gasteiger partial charge in [-0.05, 0) is 0 Å². The molecule has 0 aliphatic carbocycles. The van der Waals surface area contributed by atoms with Crippen molar-refractivity contribution in [2.24, 2.45) is 7.05 Å². The average molecular weight is 230 g/mol. The van der Waals surface area contributed by atoms with Crippen molar-refractivity contribution in [3.05, 3.63) is 33.5 Å². The Morgan fingerprint density at radius 2 is 2.27 bits per heavy atom. The fraction of sp³-hybridized carbons (Fsp3) is 0.125. The highest BCUT2D eigenvalue weighted by atomic mass is 35.5. The maximum Gasteiger partial charge on any atom is 0.315 e. The minimum absolute atomic E-state index is 0.0849. The standard InChI is InChI=1S/C8H5ClFN3O2/c1-12-6-4(2-11-3-5(6)10)7(8(12)9)13(14)15/h2-3H,1H3. The van der Waals surface area contributed by atoms with E-state index in [9.17, 15) is 14.5 Å². The number of halogens is 2. The third-order valence-electron chi connectivity index (χ3n) is 2.14. The largest absolute Gasteiger partial charge is 0.326 e. The Morgan fingerprint density at radius 3 is 2.87 bits per heavy atom. The van der Waals surface area contributed by atoms with Crippen molar-refractivity contribution < 1.29 is 9.31 Å². The highest BCUT2D eigenvalue weighted by Gasteiger charge is 2.25. The summed E-state index contributed by atoms with van der Waals surface area (Å²) >= 11 is 5.73. The van der Waals surface area contributed by atoms with Gasteiger partial charge in [0.05, 0.1) is 16.6 Å². The SMILES string of the molecule is Cn1c(Cl)c([N+](=O)[O-])c2cncc(F)c21. The Kier molecular flexibility index (Phi) is 2.08. The molecule has 0 aliphatic rings. The zero-order chi connectivity index (χ0) is 11.2. The molecule has 78 valence electrons. The quantitative estimate of drug-likeness (QED) is 0.557. The summed E-state index contributed by atoms with van der Waals surface area (Å²) in [5.41, 5.74) is -0.233. The van der Waals surface area contributed by atoms with Gasteiger partial charge in [0.1, 0.15) is 5.39 Å². The number of aromatic nitrogens is 2. The highest BCUT2D eigenvalue weighted by Crippen LogP contribution is 2.35. The van der Waals surface area contributed by atoms with E-state index in [0.29, 0.717) is 0 Å². The second-order valence-corrected chi connectivity index (χ2v) is 3.33. The second-order valence-electron chi connectivity index (χ2n) is 2.97. The Balaban J connectivity index is 3.00. The van der Waals surface area contributed by atoms with E-state index < -0.39 is 10.7 Å². The van der Waals surface area contributed by atoms with E-state index in [2.05, 4.69) is 4.98 Å². The molecule has 2 aromatic rings. The molecule has 2 rings (SSSR count). The summed E-state index contributed by atoms with van der Waals surface area (Å²) < 4.78 is 14.6. The highest BCUT2D eigenvalue weighted by molar-refractivity contribution is 6.33. The Bertz CT molecular complexity index is 567. The Morgan fingerprint density at radius 1 is 1.60 bits per heavy atom. The summed E-state index contributed by atoms with van der Waals surface area (Å²) in [5, 5.41) is 10.7. The Hall–Kier alpha value is -1.69. The molecule has 0 N–H and O–H groups in total. The number of fused-ring (bicyclic) bond motifs is 1. The van der Waals surface area contributed by atoms with Crippen LogP contribution in [0, 0.1) is 15.9 Å². The number of nitrogens with zero attached hydrogens (tertiary/aromatic N) is 3. The smallest absolute Gasteiger partial charge is 0.315 e. The molecule has 2 heterocycles. The van der Waals surface area contributed by atoms with E-state index >= 15 is 0 Å². The molecule has 15 heavy (non-hydrogen) atoms. The van der Waals surface area contributed by atoms with Crippen LogP contribution in [0.15, 0.2) is 12.4 Å². The average Bonchev–Trinajstić information content (AvgIpc) is 2.41. The first kappa shape index (κ1) is 9.85. The van der Waals surface area contributed by atoms with Crippen molar-refractivity contribution in [1.29, 1.82) is 0 Å². The van der Waals surface area contributed by atoms with Gasteiger partial charge in [-0.1, -0.05) is 11.6 Å². The summed E-state index contributed by atoms with van der Waals surface area (Å²) in [6, 6.07) is 0. The lowest BCUT2D eigenvalue weighted by Crippen LogP contribution is -1.90. The first-order chi connectivity index (χ1) is 7.04. The molecular formula is C8H5ClFN3O2. The van der Waals surface area contributed by atoms with Gasteiger partial charge in [0.25, 0.3) is 0 Å². The lowest BCUT2D eigenvalue weighted by Gasteiger charge is -1.95. The molecule has 0 aromatic carbocycles. The third kappa shape index (κ3) is 1.25. The zero-order valence-corrected chi connectivity index (χ0v) is 8.32. The van der Waals surface area contributed by atoms with Crippen molar-refractivity contribution in [3.63, 3.8) is 0 Å². The second kappa shape index (κ2) is 3.16. The fourth-order valence-corrected chi connectivity index (χ4v) is 1.74. The third-order valence-corrected chi connectivity index (χ3v) is 2.57. The molecule has 5 nitrogen and oxygen atoms in total. The molecular weight excluding hydrogens is 225 g/mol. The lowest BCUT2D eigenvalue weighted by atomic mass is 10.3. The monoisotopic (exact) mass is 229 g/mol. The van der Waals surface area contributed by atoms with Crippen molar-refractivity contribution in [2.45, 2.75) is 0 Å². The molecule has 0 saturated carbocycles. The summed E-state index contributed by atoms with van der Waals surface area (Å²) in [7, 11) is 1.46. The van der Waals surface area contributed by atoms with Crippen molar-refractivity contribution >= 4 is 28.2 Å². The van der Waals surface area contributed by atoms with E-state index in [4.69, 9.17) is 11.6 Å². The summed E-state index contributed by atoms with van der Waals surface area (Å²) in [6.45, 7) is 0. The molecule has 7 heteroatoms. The van der Waals surface area contributed by atoms with Crippen LogP contribution in [0.3, 0.4) is 0 Å². The van der Waals surface area contributed by atoms with Crippen LogP contribution in [0.1, 0.15) is 0 Å². The van der Waals surface area contributed by atoms with E-state index in [0.717, 1.165) is 6.20 Å². The maximum atomic E-state index is 13.3. The van der Waals surface area contributed by atoms with Gasteiger partial charge in [0, 0.05) is 13.2 Å². The molecule has 0 bridgehead atoms. The normalized spacial score (nSPS) is 10.9. The molecule has 0 aliphatic heterocycles. The van der Waals surface area contributed by atoms with Crippen molar-refractivity contribution in [3.8, 4) is 0 Å². The van der Waals surface area contributed by atoms with Gasteiger partial charge >= 0.3 is 5.69 Å². The van der Waals surface area contributed by atoms with Crippen LogP contribution >= 0.6 is 11.6 Å². The molecule has 0 saturated heterocycles. The number of rotatable bonds is 1. The predicted octanol–water partition coefficient (Wildman–Crippen LogP) is 2.27. The van der Waals surface area contributed by atoms with E-state index in [1.165, 1.54) is 17.8 Å². The number of hydrogen-bond acceptors (Lipinski definition) is 3. The molecule has 2 aromatic heterocycles. The van der Waals surface area contributed by atoms with Gasteiger partial charge in [-0.25, -0.2) is 4.39 Å². The maximum absolute atomic E-state index is 13.3. The van der Waals surface area contributed by atoms with Crippen LogP contribution in [-0.2, 0) is 7.05 Å². The Labute approximate surface area is 88.2 Å². The lowest BCUT2D eigenvalue weighted by molar-refractivity contribution is -0.383. The molecule has 0 atom stereocenters. The van der Waals surface area contributed by atoms with Gasteiger partial charge in [0.15, 0.2) is 11.0 Å². The van der Waals surface area contributed by atoms with Crippen LogP contribution in [0.5, 0.6) is 0 Å². The van der Waals surface area contributed by atoms with Crippen LogP contribution in [0.25, 0.3) is 10.9 Å². The summed E-state index contributed by atoms with van der Waals surface area (Å²) in [5.74, 6) is -0.634. The van der Waals surface area contributed by atoms with Gasteiger partial charge in [-0.2, -0.15) is 0 Å². The van der Waals surface area contributed by atoms with Crippen LogP contribution in [-0.4, -0.2) is 14.5 Å². The molecule has 0 spiro atoms. The zero-order valence-electron chi connectivity index (χ0n) is 7.57. The van der Waals surface area contributed by atoms with E-state index in [1.54, 1.807) is 0 Å². The molecule has 0 fully saturated rings. The van der Waals surface area contributed by atoms with Crippen molar-refractivity contribution in [2.75, 3.05) is 0 Å². The number of pyridine rings is 1. The first-order valence-corrected chi connectivity index (χ1v) is 4.33. The van der Waals surface area contributed by atoms with Gasteiger partial charge in [-0.3, -0.25) is 15.1 Å². The van der Waals surface area contributed by atoms with Gasteiger partial charge in [0.2, 0.25) is 0 Å². The van der Waals surface area contributed by atoms with E-state index in [-0.39, 0.29) is 21.7 Å². The minimum atomic E-state index is -0.647. The number of nitro groups is 1. The molecule has 0 radical (unpaired) electrons. The van der Waals surface area contributed by atoms with E-state index in [1.807, 2.05) is 0 Å². The van der Waals surface area contributed by atoms with Crippen LogP contribution in [0.2, 0.25) is 5.15 Å². The number of hydrogen-bond donors (Lipinski definition) is 0. The summed E-state index contributed by atoms with van der Waals surface area (Å²) in [4.78, 5) is 13.6. The topological polar surface area (TPSA) is 61.0 Å². The van der Waals surface area contributed by atoms with Gasteiger partial charge < -0.3 is 4.57 Å². The fourth-order valence-electron chi connectivity index (χ4n) is 1.48. The minimum Gasteiger partial charge on any atom is -0.326 e. The predicted molar refractivity (Wildman–Crippen MR) is 52.3 cm³/mol. The van der Waals surface area contributed by atoms with Crippen molar-refractivity contribution in [1.82, 2.24) is 9.55 Å². The summed E-state index contributed by atoms with van der Waals surface area (Å²) in [6.07, 6.45) is 2.21. The van der Waals surface area contributed by atoms with Gasteiger partial charge in [-0.15, -0.1) is 0 Å². The number of aryl methyl sites for hydroxylation is 1. The van der Waals surface area contributed by atoms with Crippen LogP contribution < -0.4 is 0 Å². The van der Waals surface area contributed by atoms with Crippen LogP contribution in [0.4, 0.5) is 10.1 Å². The molecule has 0 amide bonds.